The van der Waals surface area contributed by atoms with Crippen LogP contribution >= 0.6 is 0 Å². The van der Waals surface area contributed by atoms with Gasteiger partial charge in [0.15, 0.2) is 0 Å². The Kier molecular flexibility index (Phi) is 3.77. The molecule has 0 bridgehead atoms. The van der Waals surface area contributed by atoms with Crippen LogP contribution in [0.25, 0.3) is 0 Å². The van der Waals surface area contributed by atoms with E-state index in [0.29, 0.717) is 6.54 Å². The molecule has 0 radical (unpaired) electrons. The minimum Gasteiger partial charge on any atom is -0.417 e. The van der Waals surface area contributed by atoms with E-state index in [4.69, 9.17) is 9.15 Å². The smallest absolute Gasteiger partial charge is 0.399 e. The number of oxazole rings is 1. The van der Waals surface area contributed by atoms with Gasteiger partial charge in [0.05, 0.1) is 5.69 Å². The Morgan fingerprint density at radius 2 is 2.29 bits per heavy atom. The van der Waals surface area contributed by atoms with Crippen molar-refractivity contribution in [3.63, 3.8) is 0 Å². The third kappa shape index (κ3) is 3.32. The van der Waals surface area contributed by atoms with Crippen molar-refractivity contribution in [3.05, 3.63) is 41.8 Å². The van der Waals surface area contributed by atoms with Gasteiger partial charge < -0.3 is 14.5 Å². The van der Waals surface area contributed by atoms with E-state index in [1.807, 2.05) is 38.1 Å². The first kappa shape index (κ1) is 11.7. The fourth-order valence-electron chi connectivity index (χ4n) is 1.45. The lowest BCUT2D eigenvalue weighted by Gasteiger charge is -2.00. The van der Waals surface area contributed by atoms with Gasteiger partial charge in [-0.3, -0.25) is 0 Å². The Labute approximate surface area is 101 Å². The average Bonchev–Trinajstić information content (AvgIpc) is 2.74. The van der Waals surface area contributed by atoms with Crippen LogP contribution in [0.4, 0.5) is 0 Å². The van der Waals surface area contributed by atoms with E-state index >= 15 is 0 Å². The molecule has 1 aromatic heterocycles. The lowest BCUT2D eigenvalue weighted by Crippen LogP contribution is -2.11. The molecule has 4 nitrogen and oxygen atoms in total. The van der Waals surface area contributed by atoms with E-state index < -0.39 is 0 Å². The number of nitrogens with zero attached hydrogens (tertiary/aromatic N) is 1. The van der Waals surface area contributed by atoms with Crippen molar-refractivity contribution >= 4 is 0 Å². The molecule has 0 aliphatic heterocycles. The van der Waals surface area contributed by atoms with Crippen LogP contribution in [0.1, 0.15) is 18.2 Å². The lowest BCUT2D eigenvalue weighted by molar-refractivity contribution is 0.330. The van der Waals surface area contributed by atoms with Gasteiger partial charge in [0.25, 0.3) is 0 Å². The summed E-state index contributed by atoms with van der Waals surface area (Å²) >= 11 is 0. The molecule has 0 saturated heterocycles. The minimum atomic E-state index is 0.281. The van der Waals surface area contributed by atoms with Crippen molar-refractivity contribution in [1.29, 1.82) is 0 Å². The molecule has 1 N–H and O–H groups in total. The van der Waals surface area contributed by atoms with E-state index in [-0.39, 0.29) is 6.08 Å². The lowest BCUT2D eigenvalue weighted by atomic mass is 10.2. The largest absolute Gasteiger partial charge is 0.417 e. The molecule has 17 heavy (non-hydrogen) atoms. The van der Waals surface area contributed by atoms with Crippen LogP contribution in [0.5, 0.6) is 11.8 Å². The maximum Gasteiger partial charge on any atom is 0.399 e. The minimum absolute atomic E-state index is 0.281. The van der Waals surface area contributed by atoms with E-state index in [1.54, 1.807) is 6.26 Å². The molecule has 1 aromatic carbocycles. The predicted molar refractivity (Wildman–Crippen MR) is 65.1 cm³/mol. The highest BCUT2D eigenvalue weighted by Crippen LogP contribution is 2.21. The molecule has 0 spiro atoms. The Bertz CT molecular complexity index is 480. The van der Waals surface area contributed by atoms with Crippen LogP contribution in [0, 0.1) is 6.92 Å². The first-order valence-electron chi connectivity index (χ1n) is 5.67. The zero-order valence-corrected chi connectivity index (χ0v) is 10.1. The molecule has 2 rings (SSSR count). The Morgan fingerprint density at radius 3 is 3.06 bits per heavy atom. The molecular weight excluding hydrogens is 216 g/mol. The summed E-state index contributed by atoms with van der Waals surface area (Å²) in [5.74, 6) is 0.738. The van der Waals surface area contributed by atoms with E-state index in [1.165, 1.54) is 0 Å². The van der Waals surface area contributed by atoms with Crippen molar-refractivity contribution < 1.29 is 9.15 Å². The molecule has 2 aromatic rings. The van der Waals surface area contributed by atoms with Gasteiger partial charge in [-0.2, -0.15) is 4.98 Å². The van der Waals surface area contributed by atoms with Crippen molar-refractivity contribution in [1.82, 2.24) is 10.3 Å². The normalized spacial score (nSPS) is 10.5. The van der Waals surface area contributed by atoms with Gasteiger partial charge >= 0.3 is 6.08 Å². The van der Waals surface area contributed by atoms with Crippen LogP contribution in [-0.4, -0.2) is 11.5 Å². The van der Waals surface area contributed by atoms with Gasteiger partial charge in [-0.25, -0.2) is 0 Å². The molecular formula is C13H16N2O2. The third-order valence-electron chi connectivity index (χ3n) is 2.28. The summed E-state index contributed by atoms with van der Waals surface area (Å²) in [5, 5.41) is 3.17. The number of aromatic nitrogens is 1. The molecule has 4 heteroatoms. The van der Waals surface area contributed by atoms with E-state index in [9.17, 15) is 0 Å². The van der Waals surface area contributed by atoms with Crippen molar-refractivity contribution in [2.45, 2.75) is 20.4 Å². The van der Waals surface area contributed by atoms with E-state index in [0.717, 1.165) is 23.6 Å². The van der Waals surface area contributed by atoms with Crippen LogP contribution in [0.15, 0.2) is 34.9 Å². The number of nitrogens with one attached hydrogen (secondary N) is 1. The topological polar surface area (TPSA) is 47.3 Å². The zero-order chi connectivity index (χ0) is 12.1. The summed E-state index contributed by atoms with van der Waals surface area (Å²) < 4.78 is 10.7. The number of rotatable bonds is 5. The Morgan fingerprint density at radius 1 is 1.41 bits per heavy atom. The maximum absolute atomic E-state index is 5.51. The highest BCUT2D eigenvalue weighted by Gasteiger charge is 2.05. The van der Waals surface area contributed by atoms with Gasteiger partial charge in [-0.1, -0.05) is 19.1 Å². The molecule has 0 atom stereocenters. The number of hydrogen-bond acceptors (Lipinski definition) is 4. The van der Waals surface area contributed by atoms with Gasteiger partial charge in [-0.15, -0.1) is 0 Å². The van der Waals surface area contributed by atoms with Crippen molar-refractivity contribution in [2.24, 2.45) is 0 Å². The zero-order valence-electron chi connectivity index (χ0n) is 10.1. The second-order valence-electron chi connectivity index (χ2n) is 3.80. The second-order valence-corrected chi connectivity index (χ2v) is 3.80. The standard InChI is InChI=1S/C13H16N2O2/c1-3-14-8-11-9-16-13(15-11)17-12-6-4-5-10(2)7-12/h4-7,9,14H,3,8H2,1-2H3. The number of benzene rings is 1. The summed E-state index contributed by atoms with van der Waals surface area (Å²) in [6.45, 7) is 5.65. The summed E-state index contributed by atoms with van der Waals surface area (Å²) in [6, 6.07) is 7.77. The van der Waals surface area contributed by atoms with Crippen LogP contribution < -0.4 is 10.1 Å². The van der Waals surface area contributed by atoms with Gasteiger partial charge in [0, 0.05) is 6.54 Å². The molecule has 0 saturated carbocycles. The number of aryl methyl sites for hydroxylation is 1. The SMILES string of the molecule is CCNCc1coc(Oc2cccc(C)c2)n1. The van der Waals surface area contributed by atoms with Crippen LogP contribution in [-0.2, 0) is 6.54 Å². The highest BCUT2D eigenvalue weighted by atomic mass is 16.6. The van der Waals surface area contributed by atoms with Gasteiger partial charge in [0.2, 0.25) is 0 Å². The summed E-state index contributed by atoms with van der Waals surface area (Å²) in [4.78, 5) is 4.22. The van der Waals surface area contributed by atoms with Crippen molar-refractivity contribution in [3.8, 4) is 11.8 Å². The number of ether oxygens (including phenoxy) is 1. The summed E-state index contributed by atoms with van der Waals surface area (Å²) in [5.41, 5.74) is 1.98. The number of hydrogen-bond donors (Lipinski definition) is 1. The fraction of sp³-hybridized carbons (Fsp3) is 0.308. The average molecular weight is 232 g/mol. The van der Waals surface area contributed by atoms with Crippen LogP contribution in [0.3, 0.4) is 0 Å². The molecule has 90 valence electrons. The second kappa shape index (κ2) is 5.50. The first-order valence-corrected chi connectivity index (χ1v) is 5.67. The molecule has 1 heterocycles. The van der Waals surface area contributed by atoms with Crippen molar-refractivity contribution in [2.75, 3.05) is 6.54 Å². The summed E-state index contributed by atoms with van der Waals surface area (Å²) in [6.07, 6.45) is 1.89. The molecule has 0 amide bonds. The molecule has 0 aliphatic carbocycles. The monoisotopic (exact) mass is 232 g/mol. The van der Waals surface area contributed by atoms with Gasteiger partial charge in [0.1, 0.15) is 12.0 Å². The molecule has 0 unspecified atom stereocenters. The molecule has 0 aliphatic rings. The highest BCUT2D eigenvalue weighted by molar-refractivity contribution is 5.29. The van der Waals surface area contributed by atoms with E-state index in [2.05, 4.69) is 10.3 Å². The van der Waals surface area contributed by atoms with Gasteiger partial charge in [-0.05, 0) is 31.2 Å². The first-order chi connectivity index (χ1) is 8.28. The molecule has 0 fully saturated rings. The fourth-order valence-corrected chi connectivity index (χ4v) is 1.45. The quantitative estimate of drug-likeness (QED) is 0.861. The van der Waals surface area contributed by atoms with Crippen LogP contribution in [0.2, 0.25) is 0 Å². The summed E-state index contributed by atoms with van der Waals surface area (Å²) in [7, 11) is 0. The maximum atomic E-state index is 5.51. The Balaban J connectivity index is 2.01. The third-order valence-corrected chi connectivity index (χ3v) is 2.28. The predicted octanol–water partition coefficient (Wildman–Crippen LogP) is 2.88. The Hall–Kier alpha value is -1.81.